The summed E-state index contributed by atoms with van der Waals surface area (Å²) in [6.07, 6.45) is 1.66. The molecule has 0 saturated carbocycles. The molecule has 0 fully saturated rings. The van der Waals surface area contributed by atoms with Gasteiger partial charge in [0, 0.05) is 12.7 Å². The van der Waals surface area contributed by atoms with Crippen LogP contribution in [0.1, 0.15) is 23.0 Å². The Morgan fingerprint density at radius 2 is 2.17 bits per heavy atom. The molecule has 94 valence electrons. The molecule has 0 bridgehead atoms. The maximum Gasteiger partial charge on any atom is 0.259 e. The van der Waals surface area contributed by atoms with E-state index in [4.69, 9.17) is 0 Å². The van der Waals surface area contributed by atoms with Crippen molar-refractivity contribution in [3.05, 3.63) is 47.5 Å². The first-order chi connectivity index (χ1) is 8.61. The number of hydrogen-bond acceptors (Lipinski definition) is 2. The number of hydrogen-bond donors (Lipinski definition) is 1. The van der Waals surface area contributed by atoms with Gasteiger partial charge in [0.05, 0.1) is 16.9 Å². The van der Waals surface area contributed by atoms with Gasteiger partial charge in [0.2, 0.25) is 0 Å². The highest BCUT2D eigenvalue weighted by Gasteiger charge is 2.14. The van der Waals surface area contributed by atoms with Gasteiger partial charge in [0.25, 0.3) is 5.91 Å². The molecule has 2 aromatic rings. The Labute approximate surface area is 104 Å². The largest absolute Gasteiger partial charge is 0.319 e. The fraction of sp³-hybridized carbons (Fsp3) is 0.231. The van der Waals surface area contributed by atoms with Crippen LogP contribution in [0.15, 0.2) is 30.5 Å². The molecule has 0 spiro atoms. The van der Waals surface area contributed by atoms with Crippen LogP contribution >= 0.6 is 0 Å². The van der Waals surface area contributed by atoms with Crippen LogP contribution in [-0.2, 0) is 6.54 Å². The van der Waals surface area contributed by atoms with Crippen LogP contribution in [0.5, 0.6) is 0 Å². The maximum absolute atomic E-state index is 13.4. The predicted molar refractivity (Wildman–Crippen MR) is 67.0 cm³/mol. The summed E-state index contributed by atoms with van der Waals surface area (Å²) in [5, 5.41) is 6.71. The van der Waals surface area contributed by atoms with Crippen LogP contribution in [0.2, 0.25) is 0 Å². The molecule has 2 rings (SSSR count). The highest BCUT2D eigenvalue weighted by Crippen LogP contribution is 2.15. The summed E-state index contributed by atoms with van der Waals surface area (Å²) in [5.41, 5.74) is 1.26. The number of para-hydroxylation sites is 1. The molecule has 0 aliphatic rings. The number of aromatic nitrogens is 2. The Kier molecular flexibility index (Phi) is 3.41. The lowest BCUT2D eigenvalue weighted by molar-refractivity contribution is 0.102. The van der Waals surface area contributed by atoms with Crippen LogP contribution < -0.4 is 5.32 Å². The van der Waals surface area contributed by atoms with Crippen LogP contribution in [0.25, 0.3) is 0 Å². The standard InChI is InChI=1S/C13H14FN3O/c1-3-17-8-10(9(2)16-17)13(18)15-12-7-5-4-6-11(12)14/h4-8H,3H2,1-2H3,(H,15,18). The molecule has 1 heterocycles. The van der Waals surface area contributed by atoms with Gasteiger partial charge in [-0.15, -0.1) is 0 Å². The molecule has 1 aromatic heterocycles. The van der Waals surface area contributed by atoms with Crippen molar-refractivity contribution in [2.75, 3.05) is 5.32 Å². The minimum absolute atomic E-state index is 0.172. The predicted octanol–water partition coefficient (Wildman–Crippen LogP) is 2.60. The smallest absolute Gasteiger partial charge is 0.259 e. The summed E-state index contributed by atoms with van der Waals surface area (Å²) in [6, 6.07) is 6.07. The van der Waals surface area contributed by atoms with Crippen molar-refractivity contribution < 1.29 is 9.18 Å². The topological polar surface area (TPSA) is 46.9 Å². The van der Waals surface area contributed by atoms with Gasteiger partial charge in [-0.1, -0.05) is 12.1 Å². The molecule has 1 N–H and O–H groups in total. The van der Waals surface area contributed by atoms with Gasteiger partial charge in [0.1, 0.15) is 5.82 Å². The minimum Gasteiger partial charge on any atom is -0.319 e. The molecule has 1 aromatic carbocycles. The second-order valence-electron chi connectivity index (χ2n) is 3.92. The number of aryl methyl sites for hydroxylation is 2. The number of anilines is 1. The van der Waals surface area contributed by atoms with E-state index in [9.17, 15) is 9.18 Å². The van der Waals surface area contributed by atoms with Gasteiger partial charge in [-0.3, -0.25) is 9.48 Å². The Morgan fingerprint density at radius 3 is 2.78 bits per heavy atom. The van der Waals surface area contributed by atoms with Crippen LogP contribution in [0.4, 0.5) is 10.1 Å². The number of nitrogens with zero attached hydrogens (tertiary/aromatic N) is 2. The average Bonchev–Trinajstić information content (AvgIpc) is 2.73. The SMILES string of the molecule is CCn1cc(C(=O)Nc2ccccc2F)c(C)n1. The number of carbonyl (C=O) groups is 1. The number of halogens is 1. The fourth-order valence-electron chi connectivity index (χ4n) is 1.65. The third-order valence-corrected chi connectivity index (χ3v) is 2.64. The van der Waals surface area contributed by atoms with E-state index in [0.29, 0.717) is 17.8 Å². The Morgan fingerprint density at radius 1 is 1.44 bits per heavy atom. The first-order valence-corrected chi connectivity index (χ1v) is 5.71. The average molecular weight is 247 g/mol. The van der Waals surface area contributed by atoms with E-state index in [1.54, 1.807) is 29.9 Å². The second kappa shape index (κ2) is 5.00. The van der Waals surface area contributed by atoms with E-state index in [1.807, 2.05) is 6.92 Å². The van der Waals surface area contributed by atoms with Gasteiger partial charge < -0.3 is 5.32 Å². The van der Waals surface area contributed by atoms with E-state index in [0.717, 1.165) is 0 Å². The molecule has 0 saturated heterocycles. The molecular formula is C13H14FN3O. The second-order valence-corrected chi connectivity index (χ2v) is 3.92. The van der Waals surface area contributed by atoms with Crippen molar-refractivity contribution in [3.8, 4) is 0 Å². The molecule has 18 heavy (non-hydrogen) atoms. The van der Waals surface area contributed by atoms with Crippen LogP contribution in [0.3, 0.4) is 0 Å². The molecule has 0 atom stereocenters. The first kappa shape index (κ1) is 12.3. The lowest BCUT2D eigenvalue weighted by atomic mass is 10.2. The van der Waals surface area contributed by atoms with Gasteiger partial charge in [-0.2, -0.15) is 5.10 Å². The van der Waals surface area contributed by atoms with Gasteiger partial charge >= 0.3 is 0 Å². The Bertz CT molecular complexity index is 577. The van der Waals surface area contributed by atoms with Crippen LogP contribution in [-0.4, -0.2) is 15.7 Å². The van der Waals surface area contributed by atoms with Crippen molar-refractivity contribution >= 4 is 11.6 Å². The summed E-state index contributed by atoms with van der Waals surface area (Å²) >= 11 is 0. The number of amides is 1. The maximum atomic E-state index is 13.4. The number of benzene rings is 1. The zero-order valence-electron chi connectivity index (χ0n) is 10.3. The quantitative estimate of drug-likeness (QED) is 0.906. The van der Waals surface area contributed by atoms with Crippen molar-refractivity contribution in [1.29, 1.82) is 0 Å². The van der Waals surface area contributed by atoms with Crippen LogP contribution in [0, 0.1) is 12.7 Å². The number of carbonyl (C=O) groups excluding carboxylic acids is 1. The number of nitrogens with one attached hydrogen (secondary N) is 1. The molecule has 4 nitrogen and oxygen atoms in total. The molecule has 0 aliphatic carbocycles. The summed E-state index contributed by atoms with van der Waals surface area (Å²) in [4.78, 5) is 12.0. The highest BCUT2D eigenvalue weighted by atomic mass is 19.1. The lowest BCUT2D eigenvalue weighted by Crippen LogP contribution is -2.13. The van der Waals surface area contributed by atoms with Crippen molar-refractivity contribution in [2.24, 2.45) is 0 Å². The minimum atomic E-state index is -0.452. The Balaban J connectivity index is 2.22. The van der Waals surface area contributed by atoms with E-state index >= 15 is 0 Å². The van der Waals surface area contributed by atoms with Crippen molar-refractivity contribution in [2.45, 2.75) is 20.4 Å². The van der Waals surface area contributed by atoms with Crippen molar-refractivity contribution in [3.63, 3.8) is 0 Å². The zero-order chi connectivity index (χ0) is 13.1. The molecule has 1 amide bonds. The summed E-state index contributed by atoms with van der Waals surface area (Å²) < 4.78 is 15.1. The summed E-state index contributed by atoms with van der Waals surface area (Å²) in [7, 11) is 0. The highest BCUT2D eigenvalue weighted by molar-refractivity contribution is 6.04. The molecular weight excluding hydrogens is 233 g/mol. The molecule has 0 unspecified atom stereocenters. The summed E-state index contributed by atoms with van der Waals surface area (Å²) in [5.74, 6) is -0.802. The lowest BCUT2D eigenvalue weighted by Gasteiger charge is -2.04. The Hall–Kier alpha value is -2.17. The first-order valence-electron chi connectivity index (χ1n) is 5.71. The zero-order valence-corrected chi connectivity index (χ0v) is 10.3. The van der Waals surface area contributed by atoms with E-state index < -0.39 is 5.82 Å². The fourth-order valence-corrected chi connectivity index (χ4v) is 1.65. The monoisotopic (exact) mass is 247 g/mol. The van der Waals surface area contributed by atoms with Gasteiger partial charge in [-0.25, -0.2) is 4.39 Å². The third kappa shape index (κ3) is 2.40. The van der Waals surface area contributed by atoms with E-state index in [1.165, 1.54) is 12.1 Å². The third-order valence-electron chi connectivity index (χ3n) is 2.64. The van der Waals surface area contributed by atoms with E-state index in [-0.39, 0.29) is 11.6 Å². The number of rotatable bonds is 3. The molecule has 5 heteroatoms. The summed E-state index contributed by atoms with van der Waals surface area (Å²) in [6.45, 7) is 4.38. The normalized spacial score (nSPS) is 10.4. The van der Waals surface area contributed by atoms with Gasteiger partial charge in [-0.05, 0) is 26.0 Å². The van der Waals surface area contributed by atoms with Gasteiger partial charge in [0.15, 0.2) is 0 Å². The van der Waals surface area contributed by atoms with Crippen molar-refractivity contribution in [1.82, 2.24) is 9.78 Å². The molecule has 0 radical (unpaired) electrons. The molecule has 0 aliphatic heterocycles. The van der Waals surface area contributed by atoms with E-state index in [2.05, 4.69) is 10.4 Å².